The van der Waals surface area contributed by atoms with Crippen molar-refractivity contribution in [1.29, 1.82) is 0 Å². The van der Waals surface area contributed by atoms with Gasteiger partial charge in [-0.2, -0.15) is 0 Å². The Kier molecular flexibility index (Phi) is 3.48. The Balaban J connectivity index is 2.32. The van der Waals surface area contributed by atoms with Crippen molar-refractivity contribution in [1.82, 2.24) is 4.90 Å². The van der Waals surface area contributed by atoms with Crippen LogP contribution >= 0.6 is 0 Å². The third kappa shape index (κ3) is 2.34. The molecule has 1 aliphatic rings. The van der Waals surface area contributed by atoms with Crippen LogP contribution < -0.4 is 4.74 Å². The van der Waals surface area contributed by atoms with Crippen LogP contribution in [-0.4, -0.2) is 31.4 Å². The summed E-state index contributed by atoms with van der Waals surface area (Å²) in [6.07, 6.45) is 0.665. The van der Waals surface area contributed by atoms with Gasteiger partial charge in [0.15, 0.2) is 0 Å². The molecule has 1 fully saturated rings. The first kappa shape index (κ1) is 12.1. The highest BCUT2D eigenvalue weighted by Crippen LogP contribution is 2.33. The van der Waals surface area contributed by atoms with Crippen LogP contribution in [0.1, 0.15) is 24.9 Å². The number of hydrogen-bond donors (Lipinski definition) is 0. The molecular formula is C14H19NO2. The molecule has 0 aromatic heterocycles. The lowest BCUT2D eigenvalue weighted by molar-refractivity contribution is -0.127. The Bertz CT molecular complexity index is 416. The average molecular weight is 233 g/mol. The van der Waals surface area contributed by atoms with Gasteiger partial charge >= 0.3 is 0 Å². The Labute approximate surface area is 102 Å². The molecule has 0 N–H and O–H groups in total. The van der Waals surface area contributed by atoms with Crippen molar-refractivity contribution >= 4 is 5.78 Å². The Hall–Kier alpha value is -1.35. The molecule has 0 aliphatic carbocycles. The van der Waals surface area contributed by atoms with E-state index in [0.29, 0.717) is 12.2 Å². The summed E-state index contributed by atoms with van der Waals surface area (Å²) < 4.78 is 5.24. The maximum Gasteiger partial charge on any atom is 0.138 e. The van der Waals surface area contributed by atoms with Crippen molar-refractivity contribution < 1.29 is 9.53 Å². The Morgan fingerprint density at radius 2 is 2.18 bits per heavy atom. The average Bonchev–Trinajstić information content (AvgIpc) is 2.35. The van der Waals surface area contributed by atoms with Crippen molar-refractivity contribution in [3.8, 4) is 5.75 Å². The zero-order valence-electron chi connectivity index (χ0n) is 10.6. The van der Waals surface area contributed by atoms with Gasteiger partial charge in [-0.15, -0.1) is 0 Å². The zero-order chi connectivity index (χ0) is 12.4. The van der Waals surface area contributed by atoms with Crippen LogP contribution in [0.5, 0.6) is 5.75 Å². The fourth-order valence-electron chi connectivity index (χ4n) is 2.58. The summed E-state index contributed by atoms with van der Waals surface area (Å²) >= 11 is 0. The first-order chi connectivity index (χ1) is 8.13. The van der Waals surface area contributed by atoms with E-state index in [1.807, 2.05) is 25.1 Å². The van der Waals surface area contributed by atoms with Gasteiger partial charge in [-0.3, -0.25) is 9.69 Å². The van der Waals surface area contributed by atoms with Crippen molar-refractivity contribution in [2.24, 2.45) is 5.92 Å². The second-order valence-electron chi connectivity index (χ2n) is 4.71. The predicted octanol–water partition coefficient (Wildman–Crippen LogP) is 2.28. The van der Waals surface area contributed by atoms with E-state index in [1.165, 1.54) is 0 Å². The topological polar surface area (TPSA) is 29.5 Å². The Morgan fingerprint density at radius 1 is 1.41 bits per heavy atom. The molecule has 0 amide bonds. The van der Waals surface area contributed by atoms with Crippen LogP contribution in [0, 0.1) is 5.92 Å². The zero-order valence-corrected chi connectivity index (χ0v) is 10.6. The van der Waals surface area contributed by atoms with E-state index in [4.69, 9.17) is 4.74 Å². The summed E-state index contributed by atoms with van der Waals surface area (Å²) in [5.41, 5.74) is 1.16. The van der Waals surface area contributed by atoms with E-state index in [1.54, 1.807) is 7.11 Å². The minimum Gasteiger partial charge on any atom is -0.497 e. The standard InChI is InChI=1S/C14H19NO2/c1-10-13(16)7-8-15(2)14(10)11-5-4-6-12(9-11)17-3/h4-6,9-10,14H,7-8H2,1-3H3/t10-,14-/m0/s1. The normalized spacial score (nSPS) is 25.9. The highest BCUT2D eigenvalue weighted by atomic mass is 16.5. The Morgan fingerprint density at radius 3 is 2.88 bits per heavy atom. The summed E-state index contributed by atoms with van der Waals surface area (Å²) in [5.74, 6) is 1.26. The van der Waals surface area contributed by atoms with Crippen LogP contribution in [0.15, 0.2) is 24.3 Å². The number of hydrogen-bond acceptors (Lipinski definition) is 3. The molecule has 3 nitrogen and oxygen atoms in total. The van der Waals surface area contributed by atoms with Crippen molar-refractivity contribution in [2.75, 3.05) is 20.7 Å². The van der Waals surface area contributed by atoms with E-state index in [2.05, 4.69) is 18.0 Å². The minimum absolute atomic E-state index is 0.0563. The van der Waals surface area contributed by atoms with Crippen LogP contribution in [0.4, 0.5) is 0 Å². The molecule has 0 bridgehead atoms. The quantitative estimate of drug-likeness (QED) is 0.785. The highest BCUT2D eigenvalue weighted by molar-refractivity contribution is 5.82. The van der Waals surface area contributed by atoms with E-state index in [-0.39, 0.29) is 12.0 Å². The lowest BCUT2D eigenvalue weighted by Crippen LogP contribution is -2.40. The van der Waals surface area contributed by atoms with Crippen LogP contribution in [0.2, 0.25) is 0 Å². The molecule has 92 valence electrons. The maximum atomic E-state index is 11.8. The SMILES string of the molecule is COc1cccc([C@@H]2[C@@H](C)C(=O)CCN2C)c1. The van der Waals surface area contributed by atoms with Gasteiger partial charge in [0.05, 0.1) is 7.11 Å². The molecule has 0 spiro atoms. The van der Waals surface area contributed by atoms with Gasteiger partial charge in [-0.05, 0) is 24.7 Å². The molecule has 17 heavy (non-hydrogen) atoms. The third-order valence-electron chi connectivity index (χ3n) is 3.60. The first-order valence-corrected chi connectivity index (χ1v) is 6.00. The molecule has 2 rings (SSSR count). The lowest BCUT2D eigenvalue weighted by Gasteiger charge is -2.37. The van der Waals surface area contributed by atoms with Gasteiger partial charge in [0, 0.05) is 24.9 Å². The summed E-state index contributed by atoms with van der Waals surface area (Å²) in [6, 6.07) is 8.17. The molecule has 1 saturated heterocycles. The maximum absolute atomic E-state index is 11.8. The number of carbonyl (C=O) groups excluding carboxylic acids is 1. The van der Waals surface area contributed by atoms with Crippen molar-refractivity contribution in [2.45, 2.75) is 19.4 Å². The summed E-state index contributed by atoms with van der Waals surface area (Å²) in [7, 11) is 3.74. The number of rotatable bonds is 2. The highest BCUT2D eigenvalue weighted by Gasteiger charge is 2.33. The fourth-order valence-corrected chi connectivity index (χ4v) is 2.58. The second-order valence-corrected chi connectivity index (χ2v) is 4.71. The molecule has 3 heteroatoms. The minimum atomic E-state index is 0.0563. The van der Waals surface area contributed by atoms with Gasteiger partial charge in [-0.25, -0.2) is 0 Å². The number of ether oxygens (including phenoxy) is 1. The number of methoxy groups -OCH3 is 1. The molecular weight excluding hydrogens is 214 g/mol. The monoisotopic (exact) mass is 233 g/mol. The van der Waals surface area contributed by atoms with E-state index >= 15 is 0 Å². The number of piperidine rings is 1. The van der Waals surface area contributed by atoms with Crippen LogP contribution in [-0.2, 0) is 4.79 Å². The summed E-state index contributed by atoms with van der Waals surface area (Å²) in [4.78, 5) is 14.1. The van der Waals surface area contributed by atoms with Gasteiger partial charge in [0.25, 0.3) is 0 Å². The van der Waals surface area contributed by atoms with Gasteiger partial charge in [0.1, 0.15) is 11.5 Å². The molecule has 0 unspecified atom stereocenters. The molecule has 0 radical (unpaired) electrons. The summed E-state index contributed by atoms with van der Waals surface area (Å²) in [5, 5.41) is 0. The van der Waals surface area contributed by atoms with Gasteiger partial charge in [0.2, 0.25) is 0 Å². The smallest absolute Gasteiger partial charge is 0.138 e. The van der Waals surface area contributed by atoms with Gasteiger partial charge < -0.3 is 4.74 Å². The van der Waals surface area contributed by atoms with Gasteiger partial charge in [-0.1, -0.05) is 19.1 Å². The molecule has 2 atom stereocenters. The lowest BCUT2D eigenvalue weighted by atomic mass is 9.85. The number of ketones is 1. The number of likely N-dealkylation sites (tertiary alicyclic amines) is 1. The van der Waals surface area contributed by atoms with E-state index in [0.717, 1.165) is 17.9 Å². The number of carbonyl (C=O) groups is 1. The molecule has 0 saturated carbocycles. The van der Waals surface area contributed by atoms with E-state index < -0.39 is 0 Å². The summed E-state index contributed by atoms with van der Waals surface area (Å²) in [6.45, 7) is 2.85. The molecule has 1 aromatic rings. The van der Waals surface area contributed by atoms with Crippen LogP contribution in [0.3, 0.4) is 0 Å². The van der Waals surface area contributed by atoms with E-state index in [9.17, 15) is 4.79 Å². The fraction of sp³-hybridized carbons (Fsp3) is 0.500. The molecule has 1 heterocycles. The second kappa shape index (κ2) is 4.88. The molecule has 1 aromatic carbocycles. The van der Waals surface area contributed by atoms with Crippen molar-refractivity contribution in [3.63, 3.8) is 0 Å². The third-order valence-corrected chi connectivity index (χ3v) is 3.60. The molecule has 1 aliphatic heterocycles. The number of benzene rings is 1. The van der Waals surface area contributed by atoms with Crippen molar-refractivity contribution in [3.05, 3.63) is 29.8 Å². The predicted molar refractivity (Wildman–Crippen MR) is 67.2 cm³/mol. The number of Topliss-reactive ketones (excluding diaryl/α,β-unsaturated/α-hetero) is 1. The first-order valence-electron chi connectivity index (χ1n) is 6.00. The van der Waals surface area contributed by atoms with Crippen LogP contribution in [0.25, 0.3) is 0 Å². The largest absolute Gasteiger partial charge is 0.497 e. The number of nitrogens with zero attached hydrogens (tertiary/aromatic N) is 1.